The molecule has 0 heterocycles. The molecule has 2 rings (SSSR count). The van der Waals surface area contributed by atoms with Gasteiger partial charge in [-0.3, -0.25) is 0 Å². The van der Waals surface area contributed by atoms with Crippen molar-refractivity contribution in [2.75, 3.05) is 13.2 Å². The lowest BCUT2D eigenvalue weighted by Gasteiger charge is -2.10. The fourth-order valence-corrected chi connectivity index (χ4v) is 2.06. The van der Waals surface area contributed by atoms with E-state index in [4.69, 9.17) is 9.47 Å². The molecule has 0 aliphatic heterocycles. The van der Waals surface area contributed by atoms with Gasteiger partial charge in [0.15, 0.2) is 0 Å². The van der Waals surface area contributed by atoms with E-state index < -0.39 is 5.97 Å². The fraction of sp³-hybridized carbons (Fsp3) is 0.158. The Morgan fingerprint density at radius 3 is 2.30 bits per heavy atom. The van der Waals surface area contributed by atoms with Crippen LogP contribution in [-0.4, -0.2) is 25.2 Å². The van der Waals surface area contributed by atoms with E-state index in [1.165, 1.54) is 0 Å². The molecule has 0 saturated heterocycles. The number of esters is 2. The molecule has 0 unspecified atom stereocenters. The predicted molar refractivity (Wildman–Crippen MR) is 87.9 cm³/mol. The lowest BCUT2D eigenvalue weighted by atomic mass is 10.00. The first-order valence-corrected chi connectivity index (χ1v) is 7.33. The lowest BCUT2D eigenvalue weighted by Crippen LogP contribution is -2.10. The van der Waals surface area contributed by atoms with Gasteiger partial charge in [0.1, 0.15) is 0 Å². The Hall–Kier alpha value is -2.88. The number of carbonyl (C=O) groups is 2. The average Bonchev–Trinajstić information content (AvgIpc) is 2.61. The van der Waals surface area contributed by atoms with Crippen LogP contribution in [0.4, 0.5) is 0 Å². The van der Waals surface area contributed by atoms with E-state index in [0.717, 1.165) is 17.2 Å². The Bertz CT molecular complexity index is 677. The molecule has 0 aliphatic rings. The molecule has 0 amide bonds. The van der Waals surface area contributed by atoms with Gasteiger partial charge >= 0.3 is 11.9 Å². The van der Waals surface area contributed by atoms with Gasteiger partial charge in [-0.05, 0) is 17.2 Å². The first-order chi connectivity index (χ1) is 11.2. The molecular formula is C19H18O4. The van der Waals surface area contributed by atoms with E-state index in [1.54, 1.807) is 12.1 Å². The van der Waals surface area contributed by atoms with Crippen LogP contribution >= 0.6 is 0 Å². The van der Waals surface area contributed by atoms with Crippen molar-refractivity contribution in [2.45, 2.75) is 6.42 Å². The SMILES string of the molecule is C=CC(=O)OCCCOC(=O)c1ccccc1-c1ccccc1. The van der Waals surface area contributed by atoms with Crippen LogP contribution in [0.15, 0.2) is 67.3 Å². The molecule has 0 aliphatic carbocycles. The van der Waals surface area contributed by atoms with Crippen molar-refractivity contribution < 1.29 is 19.1 Å². The minimum atomic E-state index is -0.481. The molecule has 0 N–H and O–H groups in total. The number of carbonyl (C=O) groups excluding carboxylic acids is 2. The molecule has 23 heavy (non-hydrogen) atoms. The third kappa shape index (κ3) is 4.81. The van der Waals surface area contributed by atoms with Crippen LogP contribution in [0.5, 0.6) is 0 Å². The highest BCUT2D eigenvalue weighted by Gasteiger charge is 2.13. The molecule has 0 bridgehead atoms. The van der Waals surface area contributed by atoms with E-state index in [1.807, 2.05) is 42.5 Å². The van der Waals surface area contributed by atoms with Crippen LogP contribution in [0.3, 0.4) is 0 Å². The standard InChI is InChI=1S/C19H18O4/c1-2-18(20)22-13-8-14-23-19(21)17-12-7-6-11-16(17)15-9-4-3-5-10-15/h2-7,9-12H,1,8,13-14H2. The van der Waals surface area contributed by atoms with Gasteiger partial charge in [-0.25, -0.2) is 9.59 Å². The van der Waals surface area contributed by atoms with Crippen molar-refractivity contribution in [3.05, 3.63) is 72.8 Å². The zero-order valence-corrected chi connectivity index (χ0v) is 12.7. The maximum atomic E-state index is 12.2. The summed E-state index contributed by atoms with van der Waals surface area (Å²) in [5.41, 5.74) is 2.30. The predicted octanol–water partition coefficient (Wildman–Crippen LogP) is 3.63. The van der Waals surface area contributed by atoms with Crippen molar-refractivity contribution in [1.29, 1.82) is 0 Å². The molecule has 2 aromatic rings. The normalized spacial score (nSPS) is 9.91. The van der Waals surface area contributed by atoms with Crippen molar-refractivity contribution >= 4 is 11.9 Å². The van der Waals surface area contributed by atoms with Crippen molar-refractivity contribution in [3.8, 4) is 11.1 Å². The largest absolute Gasteiger partial charge is 0.462 e. The van der Waals surface area contributed by atoms with E-state index in [0.29, 0.717) is 12.0 Å². The van der Waals surface area contributed by atoms with Crippen molar-refractivity contribution in [2.24, 2.45) is 0 Å². The zero-order chi connectivity index (χ0) is 16.5. The first kappa shape index (κ1) is 16.5. The Morgan fingerprint density at radius 1 is 0.913 bits per heavy atom. The highest BCUT2D eigenvalue weighted by Crippen LogP contribution is 2.23. The highest BCUT2D eigenvalue weighted by molar-refractivity contribution is 5.97. The first-order valence-electron chi connectivity index (χ1n) is 7.33. The van der Waals surface area contributed by atoms with E-state index in [9.17, 15) is 9.59 Å². The molecule has 0 spiro atoms. The number of rotatable bonds is 7. The Balaban J connectivity index is 1.95. The van der Waals surface area contributed by atoms with Gasteiger partial charge in [0, 0.05) is 12.5 Å². The number of benzene rings is 2. The Labute approximate surface area is 135 Å². The Kier molecular flexibility index (Phi) is 6.12. The molecule has 2 aromatic carbocycles. The number of hydrogen-bond acceptors (Lipinski definition) is 4. The van der Waals surface area contributed by atoms with Gasteiger partial charge in [-0.2, -0.15) is 0 Å². The van der Waals surface area contributed by atoms with E-state index >= 15 is 0 Å². The smallest absolute Gasteiger partial charge is 0.338 e. The maximum absolute atomic E-state index is 12.2. The highest BCUT2D eigenvalue weighted by atomic mass is 16.5. The summed E-state index contributed by atoms with van der Waals surface area (Å²) < 4.78 is 10.1. The van der Waals surface area contributed by atoms with Crippen molar-refractivity contribution in [3.63, 3.8) is 0 Å². The molecule has 4 nitrogen and oxygen atoms in total. The average molecular weight is 310 g/mol. The molecular weight excluding hydrogens is 292 g/mol. The number of hydrogen-bond donors (Lipinski definition) is 0. The third-order valence-corrected chi connectivity index (χ3v) is 3.16. The van der Waals surface area contributed by atoms with Gasteiger partial charge < -0.3 is 9.47 Å². The second-order valence-corrected chi connectivity index (χ2v) is 4.77. The van der Waals surface area contributed by atoms with Crippen molar-refractivity contribution in [1.82, 2.24) is 0 Å². The summed E-state index contributed by atoms with van der Waals surface area (Å²) in [6, 6.07) is 17.0. The molecule has 4 heteroatoms. The number of ether oxygens (including phenoxy) is 2. The van der Waals surface area contributed by atoms with Crippen LogP contribution in [-0.2, 0) is 14.3 Å². The van der Waals surface area contributed by atoms with Gasteiger partial charge in [0.2, 0.25) is 0 Å². The summed E-state index contributed by atoms with van der Waals surface area (Å²) in [5, 5.41) is 0. The van der Waals surface area contributed by atoms with Crippen LogP contribution in [0.1, 0.15) is 16.8 Å². The minimum absolute atomic E-state index is 0.187. The summed E-state index contributed by atoms with van der Waals surface area (Å²) in [4.78, 5) is 23.1. The topological polar surface area (TPSA) is 52.6 Å². The molecule has 0 radical (unpaired) electrons. The zero-order valence-electron chi connectivity index (χ0n) is 12.7. The molecule has 118 valence electrons. The van der Waals surface area contributed by atoms with Crippen LogP contribution in [0.25, 0.3) is 11.1 Å². The second-order valence-electron chi connectivity index (χ2n) is 4.77. The van der Waals surface area contributed by atoms with Crippen LogP contribution in [0, 0.1) is 0 Å². The van der Waals surface area contributed by atoms with Gasteiger partial charge in [0.25, 0.3) is 0 Å². The summed E-state index contributed by atoms with van der Waals surface area (Å²) in [6.07, 6.45) is 1.54. The van der Waals surface area contributed by atoms with Gasteiger partial charge in [-0.15, -0.1) is 0 Å². The summed E-state index contributed by atoms with van der Waals surface area (Å²) >= 11 is 0. The van der Waals surface area contributed by atoms with Gasteiger partial charge in [-0.1, -0.05) is 55.1 Å². The molecule has 0 aromatic heterocycles. The summed E-state index contributed by atoms with van der Waals surface area (Å²) in [5.74, 6) is -0.870. The second kappa shape index (κ2) is 8.54. The van der Waals surface area contributed by atoms with Crippen LogP contribution in [0.2, 0.25) is 0 Å². The van der Waals surface area contributed by atoms with E-state index in [2.05, 4.69) is 6.58 Å². The third-order valence-electron chi connectivity index (χ3n) is 3.16. The summed E-state index contributed by atoms with van der Waals surface area (Å²) in [7, 11) is 0. The molecule has 0 saturated carbocycles. The maximum Gasteiger partial charge on any atom is 0.338 e. The minimum Gasteiger partial charge on any atom is -0.462 e. The quantitative estimate of drug-likeness (QED) is 0.445. The molecule has 0 fully saturated rings. The van der Waals surface area contributed by atoms with Crippen LogP contribution < -0.4 is 0 Å². The monoisotopic (exact) mass is 310 g/mol. The lowest BCUT2D eigenvalue weighted by molar-refractivity contribution is -0.137. The Morgan fingerprint density at radius 2 is 1.57 bits per heavy atom. The van der Waals surface area contributed by atoms with Gasteiger partial charge in [0.05, 0.1) is 18.8 Å². The summed E-state index contributed by atoms with van der Waals surface area (Å²) in [6.45, 7) is 3.69. The molecule has 0 atom stereocenters. The fourth-order valence-electron chi connectivity index (χ4n) is 2.06. The van der Waals surface area contributed by atoms with E-state index in [-0.39, 0.29) is 19.2 Å².